The van der Waals surface area contributed by atoms with Crippen LogP contribution in [0.15, 0.2) is 53.9 Å². The molecule has 0 radical (unpaired) electrons. The highest BCUT2D eigenvalue weighted by atomic mass is 16.5. The van der Waals surface area contributed by atoms with Gasteiger partial charge in [0.15, 0.2) is 17.7 Å². The molecule has 9 heteroatoms. The number of benzene rings is 1. The van der Waals surface area contributed by atoms with Gasteiger partial charge in [0.05, 0.1) is 19.4 Å². The first kappa shape index (κ1) is 21.6. The Bertz CT molecular complexity index is 1040. The van der Waals surface area contributed by atoms with Gasteiger partial charge in [0.2, 0.25) is 0 Å². The van der Waals surface area contributed by atoms with E-state index in [1.165, 1.54) is 5.56 Å². The summed E-state index contributed by atoms with van der Waals surface area (Å²) < 4.78 is 11.6. The molecule has 2 aromatic heterocycles. The molecule has 3 heterocycles. The van der Waals surface area contributed by atoms with E-state index in [4.69, 9.17) is 9.47 Å². The molecule has 1 aliphatic rings. The number of aryl methyl sites for hydroxylation is 1. The van der Waals surface area contributed by atoms with Gasteiger partial charge in [-0.3, -0.25) is 5.43 Å². The van der Waals surface area contributed by atoms with Gasteiger partial charge in [-0.2, -0.15) is 15.1 Å². The van der Waals surface area contributed by atoms with Crippen LogP contribution in [0.5, 0.6) is 6.01 Å². The summed E-state index contributed by atoms with van der Waals surface area (Å²) in [5.41, 5.74) is 5.19. The Morgan fingerprint density at radius 1 is 1.16 bits per heavy atom. The fourth-order valence-electron chi connectivity index (χ4n) is 3.32. The van der Waals surface area contributed by atoms with Crippen LogP contribution in [0.25, 0.3) is 0 Å². The van der Waals surface area contributed by atoms with Crippen molar-refractivity contribution in [3.63, 3.8) is 0 Å². The minimum Gasteiger partial charge on any atom is -0.452 e. The van der Waals surface area contributed by atoms with Gasteiger partial charge >= 0.3 is 6.01 Å². The quantitative estimate of drug-likeness (QED) is 0.426. The van der Waals surface area contributed by atoms with Crippen LogP contribution in [0.3, 0.4) is 0 Å². The van der Waals surface area contributed by atoms with E-state index in [1.807, 2.05) is 38.1 Å². The van der Waals surface area contributed by atoms with E-state index in [0.717, 1.165) is 24.5 Å². The molecular formula is C23H27N7O2. The lowest BCUT2D eigenvalue weighted by atomic mass is 10.2. The topological polar surface area (TPSA) is 97.7 Å². The first-order valence-corrected chi connectivity index (χ1v) is 10.7. The SMILES string of the molecule is CCC(Oc1nc(N/N=C/c2cccc(C)c2)cc(N2CCOCC2)n1)c1ncccn1. The van der Waals surface area contributed by atoms with Crippen molar-refractivity contribution in [3.05, 3.63) is 65.7 Å². The summed E-state index contributed by atoms with van der Waals surface area (Å²) in [5, 5.41) is 4.35. The van der Waals surface area contributed by atoms with Gasteiger partial charge in [0, 0.05) is 31.5 Å². The number of nitrogens with one attached hydrogen (secondary N) is 1. The van der Waals surface area contributed by atoms with E-state index in [1.54, 1.807) is 24.7 Å². The molecule has 1 unspecified atom stereocenters. The number of hydrogen-bond donors (Lipinski definition) is 1. The molecule has 0 spiro atoms. The molecule has 0 bridgehead atoms. The molecule has 1 atom stereocenters. The Balaban J connectivity index is 1.57. The second-order valence-electron chi connectivity index (χ2n) is 7.40. The standard InChI is InChI=1S/C23H27N7O2/c1-3-19(22-24-8-5-9-25-22)32-23-27-20(15-21(28-23)30-10-12-31-13-11-30)29-26-16-18-7-4-6-17(2)14-18/h4-9,14-16,19H,3,10-13H2,1-2H3,(H,27,28,29)/b26-16+. The Morgan fingerprint density at radius 2 is 1.97 bits per heavy atom. The second-order valence-corrected chi connectivity index (χ2v) is 7.40. The van der Waals surface area contributed by atoms with E-state index < -0.39 is 0 Å². The largest absolute Gasteiger partial charge is 0.452 e. The van der Waals surface area contributed by atoms with E-state index >= 15 is 0 Å². The van der Waals surface area contributed by atoms with E-state index in [-0.39, 0.29) is 12.1 Å². The van der Waals surface area contributed by atoms with Gasteiger partial charge in [-0.25, -0.2) is 9.97 Å². The highest BCUT2D eigenvalue weighted by molar-refractivity contribution is 5.80. The molecule has 0 amide bonds. The van der Waals surface area contributed by atoms with Gasteiger partial charge in [0.25, 0.3) is 0 Å². The van der Waals surface area contributed by atoms with Crippen molar-refractivity contribution in [2.24, 2.45) is 5.10 Å². The monoisotopic (exact) mass is 433 g/mol. The van der Waals surface area contributed by atoms with Crippen molar-refractivity contribution in [2.75, 3.05) is 36.6 Å². The molecule has 0 saturated carbocycles. The number of hydrogen-bond acceptors (Lipinski definition) is 9. The molecule has 1 aliphatic heterocycles. The number of nitrogens with zero attached hydrogens (tertiary/aromatic N) is 6. The molecule has 0 aliphatic carbocycles. The smallest absolute Gasteiger partial charge is 0.321 e. The third-order valence-electron chi connectivity index (χ3n) is 4.95. The Morgan fingerprint density at radius 3 is 2.72 bits per heavy atom. The lowest BCUT2D eigenvalue weighted by molar-refractivity contribution is 0.122. The van der Waals surface area contributed by atoms with Crippen LogP contribution in [-0.4, -0.2) is 52.5 Å². The molecule has 32 heavy (non-hydrogen) atoms. The molecule has 1 saturated heterocycles. The van der Waals surface area contributed by atoms with Gasteiger partial charge in [-0.1, -0.05) is 36.8 Å². The molecule has 9 nitrogen and oxygen atoms in total. The van der Waals surface area contributed by atoms with Crippen LogP contribution in [0.1, 0.15) is 36.4 Å². The van der Waals surface area contributed by atoms with E-state index in [9.17, 15) is 0 Å². The first-order chi connectivity index (χ1) is 15.7. The predicted octanol–water partition coefficient (Wildman–Crippen LogP) is 3.39. The molecule has 1 fully saturated rings. The summed E-state index contributed by atoms with van der Waals surface area (Å²) in [6, 6.07) is 12.0. The van der Waals surface area contributed by atoms with E-state index in [0.29, 0.717) is 31.3 Å². The highest BCUT2D eigenvalue weighted by Gasteiger charge is 2.19. The Kier molecular flexibility index (Phi) is 7.19. The summed E-state index contributed by atoms with van der Waals surface area (Å²) in [5.74, 6) is 1.90. The zero-order chi connectivity index (χ0) is 22.2. The zero-order valence-electron chi connectivity index (χ0n) is 18.3. The average molecular weight is 434 g/mol. The summed E-state index contributed by atoms with van der Waals surface area (Å²) in [7, 11) is 0. The molecular weight excluding hydrogens is 406 g/mol. The van der Waals surface area contributed by atoms with Gasteiger partial charge in [-0.05, 0) is 25.0 Å². The van der Waals surface area contributed by atoms with Crippen molar-refractivity contribution < 1.29 is 9.47 Å². The van der Waals surface area contributed by atoms with Crippen molar-refractivity contribution in [2.45, 2.75) is 26.4 Å². The number of ether oxygens (including phenoxy) is 2. The van der Waals surface area contributed by atoms with Crippen LogP contribution < -0.4 is 15.1 Å². The number of morpholine rings is 1. The first-order valence-electron chi connectivity index (χ1n) is 10.7. The van der Waals surface area contributed by atoms with Gasteiger partial charge < -0.3 is 14.4 Å². The van der Waals surface area contributed by atoms with Crippen molar-refractivity contribution in [1.82, 2.24) is 19.9 Å². The number of hydrazone groups is 1. The summed E-state index contributed by atoms with van der Waals surface area (Å²) in [4.78, 5) is 19.9. The Labute approximate surface area is 187 Å². The maximum Gasteiger partial charge on any atom is 0.321 e. The third-order valence-corrected chi connectivity index (χ3v) is 4.95. The molecule has 4 rings (SSSR count). The van der Waals surface area contributed by atoms with Crippen LogP contribution in [0.4, 0.5) is 11.6 Å². The third kappa shape index (κ3) is 5.76. The van der Waals surface area contributed by atoms with Gasteiger partial charge in [-0.15, -0.1) is 0 Å². The number of anilines is 2. The lowest BCUT2D eigenvalue weighted by Crippen LogP contribution is -2.36. The number of rotatable bonds is 8. The lowest BCUT2D eigenvalue weighted by Gasteiger charge is -2.28. The average Bonchev–Trinajstić information content (AvgIpc) is 2.83. The predicted molar refractivity (Wildman–Crippen MR) is 123 cm³/mol. The molecule has 3 aromatic rings. The highest BCUT2D eigenvalue weighted by Crippen LogP contribution is 2.25. The normalized spacial score (nSPS) is 15.0. The Hall–Kier alpha value is -3.59. The minimum atomic E-state index is -0.347. The zero-order valence-corrected chi connectivity index (χ0v) is 18.3. The summed E-state index contributed by atoms with van der Waals surface area (Å²) in [6.07, 6.45) is 5.50. The van der Waals surface area contributed by atoms with Crippen LogP contribution >= 0.6 is 0 Å². The van der Waals surface area contributed by atoms with Gasteiger partial charge in [0.1, 0.15) is 5.82 Å². The van der Waals surface area contributed by atoms with Crippen LogP contribution in [0, 0.1) is 6.92 Å². The fraction of sp³-hybridized carbons (Fsp3) is 0.348. The van der Waals surface area contributed by atoms with Crippen molar-refractivity contribution in [1.29, 1.82) is 0 Å². The second kappa shape index (κ2) is 10.6. The summed E-state index contributed by atoms with van der Waals surface area (Å²) >= 11 is 0. The maximum absolute atomic E-state index is 6.11. The van der Waals surface area contributed by atoms with Crippen LogP contribution in [-0.2, 0) is 4.74 Å². The minimum absolute atomic E-state index is 0.251. The molecule has 1 N–H and O–H groups in total. The van der Waals surface area contributed by atoms with Crippen molar-refractivity contribution >= 4 is 17.9 Å². The van der Waals surface area contributed by atoms with Crippen molar-refractivity contribution in [3.8, 4) is 6.01 Å². The van der Waals surface area contributed by atoms with Crippen LogP contribution in [0.2, 0.25) is 0 Å². The van der Waals surface area contributed by atoms with E-state index in [2.05, 4.69) is 41.4 Å². The summed E-state index contributed by atoms with van der Waals surface area (Å²) in [6.45, 7) is 6.88. The number of aromatic nitrogens is 4. The molecule has 1 aromatic carbocycles. The maximum atomic E-state index is 6.11. The fourth-order valence-corrected chi connectivity index (χ4v) is 3.32. The molecule has 166 valence electrons.